The molecule has 1 aliphatic rings. The van der Waals surface area contributed by atoms with Gasteiger partial charge >= 0.3 is 0 Å². The molecule has 0 unspecified atom stereocenters. The molecule has 0 spiro atoms. The van der Waals surface area contributed by atoms with Crippen LogP contribution < -0.4 is 11.1 Å². The van der Waals surface area contributed by atoms with Crippen molar-refractivity contribution in [1.82, 2.24) is 14.9 Å². The SMILES string of the molecule is Cc1cccc(Cc2cnc(NC(=O)CN3CCc4sc(CN)nc4C3)s2)c1. The summed E-state index contributed by atoms with van der Waals surface area (Å²) in [6, 6.07) is 8.45. The van der Waals surface area contributed by atoms with Crippen molar-refractivity contribution in [3.8, 4) is 0 Å². The van der Waals surface area contributed by atoms with Gasteiger partial charge in [-0.3, -0.25) is 9.69 Å². The number of aryl methyl sites for hydroxylation is 1. The number of nitrogens with zero attached hydrogens (tertiary/aromatic N) is 3. The molecule has 0 saturated heterocycles. The van der Waals surface area contributed by atoms with Gasteiger partial charge in [0.25, 0.3) is 0 Å². The van der Waals surface area contributed by atoms with Crippen LogP contribution in [0.5, 0.6) is 0 Å². The van der Waals surface area contributed by atoms with Gasteiger partial charge in [-0.25, -0.2) is 9.97 Å². The highest BCUT2D eigenvalue weighted by Crippen LogP contribution is 2.25. The van der Waals surface area contributed by atoms with Crippen LogP contribution in [0, 0.1) is 6.92 Å². The van der Waals surface area contributed by atoms with Crippen molar-refractivity contribution < 1.29 is 4.79 Å². The Balaban J connectivity index is 1.31. The summed E-state index contributed by atoms with van der Waals surface area (Å²) in [4.78, 5) is 25.9. The standard InChI is InChI=1S/C20H23N5OS2/c1-13-3-2-4-14(7-13)8-15-10-22-20(27-15)24-18(26)12-25-6-5-17-16(11-25)23-19(9-21)28-17/h2-4,7,10H,5-6,8-9,11-12,21H2,1H3,(H,22,24,26). The summed E-state index contributed by atoms with van der Waals surface area (Å²) < 4.78 is 0. The van der Waals surface area contributed by atoms with E-state index in [2.05, 4.69) is 51.4 Å². The summed E-state index contributed by atoms with van der Waals surface area (Å²) in [7, 11) is 0. The smallest absolute Gasteiger partial charge is 0.240 e. The number of amides is 1. The first-order valence-corrected chi connectivity index (χ1v) is 10.9. The van der Waals surface area contributed by atoms with Gasteiger partial charge in [-0.05, 0) is 18.9 Å². The Morgan fingerprint density at radius 2 is 2.25 bits per heavy atom. The Kier molecular flexibility index (Phi) is 5.82. The number of anilines is 1. The van der Waals surface area contributed by atoms with Gasteiger partial charge in [0, 0.05) is 42.0 Å². The number of hydrogen-bond acceptors (Lipinski definition) is 7. The molecule has 1 aliphatic heterocycles. The minimum atomic E-state index is -0.0332. The molecule has 0 radical (unpaired) electrons. The number of thiazole rings is 2. The molecule has 146 valence electrons. The summed E-state index contributed by atoms with van der Waals surface area (Å²) in [5, 5.41) is 4.57. The number of carbonyl (C=O) groups is 1. The van der Waals surface area contributed by atoms with Crippen molar-refractivity contribution >= 4 is 33.7 Å². The molecule has 2 aromatic heterocycles. The maximum atomic E-state index is 12.4. The van der Waals surface area contributed by atoms with Gasteiger partial charge in [-0.15, -0.1) is 22.7 Å². The lowest BCUT2D eigenvalue weighted by Gasteiger charge is -2.24. The van der Waals surface area contributed by atoms with E-state index in [0.29, 0.717) is 24.8 Å². The molecule has 4 rings (SSSR count). The number of nitrogens with one attached hydrogen (secondary N) is 1. The fourth-order valence-electron chi connectivity index (χ4n) is 3.36. The average Bonchev–Trinajstić information content (AvgIpc) is 3.27. The minimum Gasteiger partial charge on any atom is -0.325 e. The molecular formula is C20H23N5OS2. The lowest BCUT2D eigenvalue weighted by Crippen LogP contribution is -2.36. The maximum absolute atomic E-state index is 12.4. The van der Waals surface area contributed by atoms with Crippen LogP contribution in [0.4, 0.5) is 5.13 Å². The van der Waals surface area contributed by atoms with Crippen molar-refractivity contribution in [2.24, 2.45) is 5.73 Å². The third-order valence-electron chi connectivity index (χ3n) is 4.65. The first-order valence-electron chi connectivity index (χ1n) is 9.29. The summed E-state index contributed by atoms with van der Waals surface area (Å²) in [6.07, 6.45) is 3.61. The summed E-state index contributed by atoms with van der Waals surface area (Å²) in [5.74, 6) is -0.0332. The Hall–Kier alpha value is -2.13. The number of nitrogens with two attached hydrogens (primary N) is 1. The predicted octanol–water partition coefficient (Wildman–Crippen LogP) is 2.95. The second-order valence-corrected chi connectivity index (χ2v) is 9.27. The van der Waals surface area contributed by atoms with Crippen molar-refractivity contribution in [3.05, 3.63) is 62.0 Å². The third-order valence-corrected chi connectivity index (χ3v) is 6.75. The van der Waals surface area contributed by atoms with Crippen LogP contribution in [0.1, 0.15) is 31.6 Å². The highest BCUT2D eigenvalue weighted by molar-refractivity contribution is 7.15. The second-order valence-electron chi connectivity index (χ2n) is 6.99. The molecule has 1 amide bonds. The minimum absolute atomic E-state index is 0.0332. The molecular weight excluding hydrogens is 390 g/mol. The fraction of sp³-hybridized carbons (Fsp3) is 0.350. The zero-order valence-electron chi connectivity index (χ0n) is 15.8. The van der Waals surface area contributed by atoms with Crippen molar-refractivity contribution in [2.45, 2.75) is 32.9 Å². The molecule has 3 heterocycles. The van der Waals surface area contributed by atoms with Gasteiger partial charge in [0.1, 0.15) is 5.01 Å². The fourth-order valence-corrected chi connectivity index (χ4v) is 5.17. The van der Waals surface area contributed by atoms with Crippen molar-refractivity contribution in [3.63, 3.8) is 0 Å². The zero-order valence-corrected chi connectivity index (χ0v) is 17.4. The van der Waals surface area contributed by atoms with Crippen LogP contribution in [0.15, 0.2) is 30.5 Å². The van der Waals surface area contributed by atoms with Gasteiger partial charge in [-0.2, -0.15) is 0 Å². The Morgan fingerprint density at radius 1 is 1.36 bits per heavy atom. The van der Waals surface area contributed by atoms with Gasteiger partial charge in [0.05, 0.1) is 12.2 Å². The summed E-state index contributed by atoms with van der Waals surface area (Å²) >= 11 is 3.22. The van der Waals surface area contributed by atoms with Crippen LogP contribution in [0.25, 0.3) is 0 Å². The van der Waals surface area contributed by atoms with Gasteiger partial charge in [-0.1, -0.05) is 29.8 Å². The second kappa shape index (κ2) is 8.48. The topological polar surface area (TPSA) is 84.1 Å². The molecule has 28 heavy (non-hydrogen) atoms. The van der Waals surface area contributed by atoms with Crippen LogP contribution in [-0.2, 0) is 30.7 Å². The van der Waals surface area contributed by atoms with E-state index in [4.69, 9.17) is 5.73 Å². The molecule has 0 saturated carbocycles. The molecule has 0 bridgehead atoms. The van der Waals surface area contributed by atoms with Gasteiger partial charge in [0.2, 0.25) is 5.91 Å². The Morgan fingerprint density at radius 3 is 3.07 bits per heavy atom. The number of rotatable bonds is 6. The molecule has 0 atom stereocenters. The molecule has 0 aliphatic carbocycles. The van der Waals surface area contributed by atoms with Crippen molar-refractivity contribution in [2.75, 3.05) is 18.4 Å². The van der Waals surface area contributed by atoms with Gasteiger partial charge in [0.15, 0.2) is 5.13 Å². The Labute approximate surface area is 172 Å². The maximum Gasteiger partial charge on any atom is 0.240 e. The van der Waals surface area contributed by atoms with Crippen molar-refractivity contribution in [1.29, 1.82) is 0 Å². The van der Waals surface area contributed by atoms with E-state index in [1.54, 1.807) is 11.3 Å². The van der Waals surface area contributed by atoms with Crippen LogP contribution >= 0.6 is 22.7 Å². The monoisotopic (exact) mass is 413 g/mol. The highest BCUT2D eigenvalue weighted by Gasteiger charge is 2.22. The molecule has 6 nitrogen and oxygen atoms in total. The summed E-state index contributed by atoms with van der Waals surface area (Å²) in [6.45, 7) is 4.49. The van der Waals surface area contributed by atoms with Crippen LogP contribution in [-0.4, -0.2) is 33.9 Å². The number of hydrogen-bond donors (Lipinski definition) is 2. The van der Waals surface area contributed by atoms with E-state index in [9.17, 15) is 4.79 Å². The highest BCUT2D eigenvalue weighted by atomic mass is 32.1. The van der Waals surface area contributed by atoms with E-state index >= 15 is 0 Å². The number of fused-ring (bicyclic) bond motifs is 1. The van der Waals surface area contributed by atoms with E-state index < -0.39 is 0 Å². The third kappa shape index (κ3) is 4.64. The first kappa shape index (κ1) is 19.2. The molecule has 1 aromatic carbocycles. The van der Waals surface area contributed by atoms with E-state index in [1.807, 2.05) is 6.20 Å². The average molecular weight is 414 g/mol. The molecule has 3 aromatic rings. The molecule has 0 fully saturated rings. The zero-order chi connectivity index (χ0) is 19.5. The lowest BCUT2D eigenvalue weighted by molar-refractivity contribution is -0.117. The predicted molar refractivity (Wildman–Crippen MR) is 114 cm³/mol. The number of carbonyl (C=O) groups excluding carboxylic acids is 1. The van der Waals surface area contributed by atoms with E-state index in [0.717, 1.165) is 35.0 Å². The quantitative estimate of drug-likeness (QED) is 0.649. The van der Waals surface area contributed by atoms with Gasteiger partial charge < -0.3 is 11.1 Å². The first-order chi connectivity index (χ1) is 13.6. The lowest BCUT2D eigenvalue weighted by atomic mass is 10.1. The van der Waals surface area contributed by atoms with Crippen LogP contribution in [0.2, 0.25) is 0 Å². The van der Waals surface area contributed by atoms with E-state index in [-0.39, 0.29) is 5.91 Å². The number of benzene rings is 1. The van der Waals surface area contributed by atoms with Crippen LogP contribution in [0.3, 0.4) is 0 Å². The molecule has 3 N–H and O–H groups in total. The van der Waals surface area contributed by atoms with E-state index in [1.165, 1.54) is 27.3 Å². The Bertz CT molecular complexity index is 981. The summed E-state index contributed by atoms with van der Waals surface area (Å²) in [5.41, 5.74) is 9.26. The normalized spacial score (nSPS) is 14.1. The molecule has 8 heteroatoms. The number of aromatic nitrogens is 2. The largest absolute Gasteiger partial charge is 0.325 e.